The fourth-order valence-corrected chi connectivity index (χ4v) is 3.09. The molecule has 1 heterocycles. The van der Waals surface area contributed by atoms with Crippen LogP contribution in [0, 0.1) is 5.41 Å². The van der Waals surface area contributed by atoms with Crippen LogP contribution >= 0.6 is 7.92 Å². The van der Waals surface area contributed by atoms with Gasteiger partial charge in [0.05, 0.1) is 0 Å². The standard InChI is InChI=1S/C16H27P/c1-16(2)12-9-7-5-4-6-8-10-14-17(3)15-11-13-16/h5,7-8,10-11,13H,4,6,9,12,14-15H2,1-3H3/b7-5-,10-8-,13-11+. The van der Waals surface area contributed by atoms with Gasteiger partial charge in [0.25, 0.3) is 0 Å². The monoisotopic (exact) mass is 250 g/mol. The summed E-state index contributed by atoms with van der Waals surface area (Å²) in [6, 6.07) is 0. The van der Waals surface area contributed by atoms with Crippen LogP contribution in [-0.2, 0) is 0 Å². The van der Waals surface area contributed by atoms with E-state index < -0.39 is 0 Å². The molecule has 96 valence electrons. The quantitative estimate of drug-likeness (QED) is 0.400. The highest BCUT2D eigenvalue weighted by Crippen LogP contribution is 2.32. The maximum atomic E-state index is 2.43. The van der Waals surface area contributed by atoms with E-state index in [0.717, 1.165) is 0 Å². The lowest BCUT2D eigenvalue weighted by Crippen LogP contribution is -2.06. The van der Waals surface area contributed by atoms with E-state index in [1.54, 1.807) is 0 Å². The van der Waals surface area contributed by atoms with E-state index in [0.29, 0.717) is 5.41 Å². The van der Waals surface area contributed by atoms with Crippen LogP contribution in [0.25, 0.3) is 0 Å². The Balaban J connectivity index is 2.57. The third-order valence-electron chi connectivity index (χ3n) is 3.19. The third-order valence-corrected chi connectivity index (χ3v) is 4.86. The van der Waals surface area contributed by atoms with Gasteiger partial charge in [-0.05, 0) is 50.1 Å². The predicted molar refractivity (Wildman–Crippen MR) is 82.2 cm³/mol. The van der Waals surface area contributed by atoms with Crippen molar-refractivity contribution in [2.24, 2.45) is 5.41 Å². The molecule has 0 radical (unpaired) electrons. The van der Waals surface area contributed by atoms with Gasteiger partial charge in [0.1, 0.15) is 0 Å². The van der Waals surface area contributed by atoms with Gasteiger partial charge in [-0.3, -0.25) is 0 Å². The van der Waals surface area contributed by atoms with Crippen molar-refractivity contribution in [1.82, 2.24) is 0 Å². The van der Waals surface area contributed by atoms with E-state index in [4.69, 9.17) is 0 Å². The Labute approximate surface area is 109 Å². The molecule has 1 aliphatic rings. The van der Waals surface area contributed by atoms with Gasteiger partial charge in [0.2, 0.25) is 0 Å². The lowest BCUT2D eigenvalue weighted by molar-refractivity contribution is 0.442. The third kappa shape index (κ3) is 7.55. The minimum Gasteiger partial charge on any atom is -0.102 e. The lowest BCUT2D eigenvalue weighted by atomic mass is 9.87. The van der Waals surface area contributed by atoms with Crippen LogP contribution in [0.5, 0.6) is 0 Å². The molecule has 0 nitrogen and oxygen atoms in total. The number of hydrogen-bond acceptors (Lipinski definition) is 0. The normalized spacial score (nSPS) is 32.3. The lowest BCUT2D eigenvalue weighted by Gasteiger charge is -2.19. The molecule has 1 heteroatoms. The first-order valence-electron chi connectivity index (χ1n) is 6.76. The SMILES string of the molecule is CP1C/C=C\CC/C=C\CCC(C)(C)/C=C/C1. The second kappa shape index (κ2) is 7.88. The summed E-state index contributed by atoms with van der Waals surface area (Å²) < 4.78 is 0. The molecule has 0 aliphatic carbocycles. The molecule has 0 aromatic carbocycles. The molecule has 1 rings (SSSR count). The Hall–Kier alpha value is -0.350. The van der Waals surface area contributed by atoms with E-state index in [9.17, 15) is 0 Å². The van der Waals surface area contributed by atoms with Crippen molar-refractivity contribution in [3.05, 3.63) is 36.5 Å². The van der Waals surface area contributed by atoms with E-state index in [1.165, 1.54) is 38.0 Å². The summed E-state index contributed by atoms with van der Waals surface area (Å²) in [7, 11) is 0.167. The Bertz CT molecular complexity index is 284. The van der Waals surface area contributed by atoms with Crippen molar-refractivity contribution in [3.8, 4) is 0 Å². The van der Waals surface area contributed by atoms with Crippen molar-refractivity contribution in [2.75, 3.05) is 19.0 Å². The summed E-state index contributed by atoms with van der Waals surface area (Å²) in [6.45, 7) is 7.10. The summed E-state index contributed by atoms with van der Waals surface area (Å²) in [5, 5.41) is 0. The minimum absolute atomic E-state index is 0.167. The highest BCUT2D eigenvalue weighted by Gasteiger charge is 2.12. The van der Waals surface area contributed by atoms with Crippen molar-refractivity contribution < 1.29 is 0 Å². The van der Waals surface area contributed by atoms with Gasteiger partial charge in [-0.1, -0.05) is 50.3 Å². The van der Waals surface area contributed by atoms with Crippen molar-refractivity contribution in [2.45, 2.75) is 39.5 Å². The Kier molecular flexibility index (Phi) is 6.82. The van der Waals surface area contributed by atoms with E-state index >= 15 is 0 Å². The van der Waals surface area contributed by atoms with Crippen LogP contribution < -0.4 is 0 Å². The average molecular weight is 250 g/mol. The van der Waals surface area contributed by atoms with Crippen molar-refractivity contribution in [1.29, 1.82) is 0 Å². The molecule has 1 atom stereocenters. The van der Waals surface area contributed by atoms with Gasteiger partial charge in [0.15, 0.2) is 0 Å². The zero-order chi connectivity index (χ0) is 12.6. The molecule has 0 N–H and O–H groups in total. The van der Waals surface area contributed by atoms with Crippen molar-refractivity contribution in [3.63, 3.8) is 0 Å². The van der Waals surface area contributed by atoms with Crippen molar-refractivity contribution >= 4 is 7.92 Å². The first kappa shape index (κ1) is 14.7. The zero-order valence-electron chi connectivity index (χ0n) is 11.7. The second-order valence-electron chi connectivity index (χ2n) is 5.67. The molecule has 0 saturated heterocycles. The number of hydrogen-bond donors (Lipinski definition) is 0. The maximum Gasteiger partial charge on any atom is -0.0144 e. The molecule has 0 saturated carbocycles. The first-order chi connectivity index (χ1) is 8.10. The van der Waals surface area contributed by atoms with E-state index in [2.05, 4.69) is 57.0 Å². The maximum absolute atomic E-state index is 2.43. The van der Waals surface area contributed by atoms with Gasteiger partial charge >= 0.3 is 0 Å². The van der Waals surface area contributed by atoms with Crippen LogP contribution in [0.15, 0.2) is 36.5 Å². The predicted octanol–water partition coefficient (Wildman–Crippen LogP) is 5.37. The fraction of sp³-hybridized carbons (Fsp3) is 0.625. The van der Waals surface area contributed by atoms with Gasteiger partial charge in [-0.25, -0.2) is 0 Å². The smallest absolute Gasteiger partial charge is 0.0144 e. The largest absolute Gasteiger partial charge is 0.102 e. The molecule has 1 unspecified atom stereocenters. The van der Waals surface area contributed by atoms with Crippen LogP contribution in [0.3, 0.4) is 0 Å². The highest BCUT2D eigenvalue weighted by molar-refractivity contribution is 7.57. The second-order valence-corrected chi connectivity index (χ2v) is 8.11. The summed E-state index contributed by atoms with van der Waals surface area (Å²) in [6.07, 6.45) is 21.7. The molecule has 0 aromatic heterocycles. The summed E-state index contributed by atoms with van der Waals surface area (Å²) in [4.78, 5) is 0. The molecule has 0 aromatic rings. The summed E-state index contributed by atoms with van der Waals surface area (Å²) in [5.74, 6) is 0. The van der Waals surface area contributed by atoms with Gasteiger partial charge < -0.3 is 0 Å². The Morgan fingerprint density at radius 3 is 2.18 bits per heavy atom. The highest BCUT2D eigenvalue weighted by atomic mass is 31.1. The zero-order valence-corrected chi connectivity index (χ0v) is 12.5. The molecular weight excluding hydrogens is 223 g/mol. The molecule has 17 heavy (non-hydrogen) atoms. The molecule has 0 bridgehead atoms. The average Bonchev–Trinajstić information content (AvgIpc) is 2.25. The number of rotatable bonds is 0. The first-order valence-corrected chi connectivity index (χ1v) is 8.92. The number of allylic oxidation sites excluding steroid dienone is 6. The van der Waals surface area contributed by atoms with Crippen LogP contribution in [0.4, 0.5) is 0 Å². The molecule has 0 amide bonds. The van der Waals surface area contributed by atoms with E-state index in [1.807, 2.05) is 0 Å². The molecule has 0 fully saturated rings. The topological polar surface area (TPSA) is 0 Å². The van der Waals surface area contributed by atoms with Gasteiger partial charge in [-0.15, -0.1) is 7.92 Å². The Morgan fingerprint density at radius 2 is 1.41 bits per heavy atom. The minimum atomic E-state index is 0.167. The Morgan fingerprint density at radius 1 is 0.824 bits per heavy atom. The summed E-state index contributed by atoms with van der Waals surface area (Å²) >= 11 is 0. The summed E-state index contributed by atoms with van der Waals surface area (Å²) in [5.41, 5.74) is 0.362. The van der Waals surface area contributed by atoms with Crippen LogP contribution in [-0.4, -0.2) is 19.0 Å². The fourth-order valence-electron chi connectivity index (χ4n) is 1.97. The molecule has 1 aliphatic heterocycles. The van der Waals surface area contributed by atoms with E-state index in [-0.39, 0.29) is 7.92 Å². The van der Waals surface area contributed by atoms with Gasteiger partial charge in [-0.2, -0.15) is 0 Å². The molecule has 0 spiro atoms. The van der Waals surface area contributed by atoms with Gasteiger partial charge in [0, 0.05) is 0 Å². The van der Waals surface area contributed by atoms with Crippen LogP contribution in [0.2, 0.25) is 0 Å². The molecular formula is C16H27P. The van der Waals surface area contributed by atoms with Crippen LogP contribution in [0.1, 0.15) is 39.5 Å².